The third kappa shape index (κ3) is 3.38. The maximum atomic E-state index is 10.4. The first-order valence-electron chi connectivity index (χ1n) is 8.77. The van der Waals surface area contributed by atoms with Crippen LogP contribution in [-0.2, 0) is 4.74 Å². The first kappa shape index (κ1) is 16.1. The van der Waals surface area contributed by atoms with Gasteiger partial charge < -0.3 is 19.7 Å². The topological polar surface area (TPSA) is 61.4 Å². The summed E-state index contributed by atoms with van der Waals surface area (Å²) in [5.41, 5.74) is 2.63. The van der Waals surface area contributed by atoms with E-state index in [4.69, 9.17) is 9.72 Å². The average molecular weight is 337 g/mol. The summed E-state index contributed by atoms with van der Waals surface area (Å²) in [6, 6.07) is 15.3. The van der Waals surface area contributed by atoms with E-state index in [1.165, 1.54) is 0 Å². The summed E-state index contributed by atoms with van der Waals surface area (Å²) in [5, 5.41) is 10.4. The highest BCUT2D eigenvalue weighted by atomic mass is 16.5. The Labute approximate surface area is 147 Å². The van der Waals surface area contributed by atoms with Gasteiger partial charge in [-0.05, 0) is 38.1 Å². The molecule has 1 saturated heterocycles. The van der Waals surface area contributed by atoms with Crippen molar-refractivity contribution < 1.29 is 9.84 Å². The quantitative estimate of drug-likeness (QED) is 0.765. The van der Waals surface area contributed by atoms with Crippen molar-refractivity contribution >= 4 is 11.0 Å². The fraction of sp³-hybridized carbons (Fsp3) is 0.350. The van der Waals surface area contributed by atoms with Crippen LogP contribution in [0.5, 0.6) is 5.75 Å². The number of imidazole rings is 1. The normalized spacial score (nSPS) is 17.8. The van der Waals surface area contributed by atoms with Crippen LogP contribution in [0.2, 0.25) is 0 Å². The number of rotatable bonds is 4. The van der Waals surface area contributed by atoms with Crippen molar-refractivity contribution in [2.75, 3.05) is 20.1 Å². The lowest BCUT2D eigenvalue weighted by atomic mass is 10.0. The lowest BCUT2D eigenvalue weighted by Crippen LogP contribution is -2.35. The number of aromatic amines is 1. The molecule has 1 aliphatic heterocycles. The maximum Gasteiger partial charge on any atom is 0.144 e. The number of phenolic OH excluding ortho intramolecular Hbond substituents is 1. The van der Waals surface area contributed by atoms with E-state index in [2.05, 4.69) is 16.9 Å². The Balaban J connectivity index is 1.69. The summed E-state index contributed by atoms with van der Waals surface area (Å²) in [6.45, 7) is 2.05. The van der Waals surface area contributed by atoms with Crippen molar-refractivity contribution in [1.82, 2.24) is 14.9 Å². The number of aromatic nitrogens is 2. The van der Waals surface area contributed by atoms with Crippen LogP contribution in [-0.4, -0.2) is 46.2 Å². The molecule has 0 bridgehead atoms. The number of hydrogen-bond acceptors (Lipinski definition) is 4. The molecular weight excluding hydrogens is 314 g/mol. The highest BCUT2D eigenvalue weighted by Gasteiger charge is 2.27. The van der Waals surface area contributed by atoms with Crippen LogP contribution in [0, 0.1) is 0 Å². The minimum atomic E-state index is -0.401. The first-order chi connectivity index (χ1) is 12.2. The van der Waals surface area contributed by atoms with E-state index in [1.807, 2.05) is 42.5 Å². The van der Waals surface area contributed by atoms with Gasteiger partial charge in [-0.3, -0.25) is 0 Å². The van der Waals surface area contributed by atoms with E-state index in [-0.39, 0.29) is 11.9 Å². The van der Waals surface area contributed by atoms with Gasteiger partial charge in [0.2, 0.25) is 0 Å². The predicted octanol–water partition coefficient (Wildman–Crippen LogP) is 3.47. The van der Waals surface area contributed by atoms with Crippen molar-refractivity contribution in [1.29, 1.82) is 0 Å². The van der Waals surface area contributed by atoms with Gasteiger partial charge in [0, 0.05) is 18.7 Å². The van der Waals surface area contributed by atoms with Crippen molar-refractivity contribution in [2.24, 2.45) is 0 Å². The number of aromatic hydroxyl groups is 1. The molecule has 1 aliphatic rings. The molecule has 0 spiro atoms. The van der Waals surface area contributed by atoms with Gasteiger partial charge in [-0.2, -0.15) is 0 Å². The molecule has 1 unspecified atom stereocenters. The molecule has 0 amide bonds. The molecule has 1 aromatic heterocycles. The number of ether oxygens (including phenoxy) is 1. The Morgan fingerprint density at radius 2 is 1.84 bits per heavy atom. The van der Waals surface area contributed by atoms with Crippen molar-refractivity contribution in [2.45, 2.75) is 25.0 Å². The van der Waals surface area contributed by atoms with E-state index in [9.17, 15) is 5.11 Å². The highest BCUT2D eigenvalue weighted by molar-refractivity contribution is 5.75. The van der Waals surface area contributed by atoms with E-state index in [0.29, 0.717) is 0 Å². The monoisotopic (exact) mass is 337 g/mol. The number of likely N-dealkylation sites (tertiary alicyclic amines) is 1. The largest absolute Gasteiger partial charge is 0.508 e. The minimum Gasteiger partial charge on any atom is -0.508 e. The second-order valence-electron chi connectivity index (χ2n) is 6.72. The van der Waals surface area contributed by atoms with E-state index in [0.717, 1.165) is 48.4 Å². The number of phenols is 1. The molecule has 4 rings (SSSR count). The zero-order valence-corrected chi connectivity index (χ0v) is 14.4. The van der Waals surface area contributed by atoms with Gasteiger partial charge in [0.25, 0.3) is 0 Å². The van der Waals surface area contributed by atoms with Gasteiger partial charge >= 0.3 is 0 Å². The van der Waals surface area contributed by atoms with Crippen molar-refractivity contribution in [3.63, 3.8) is 0 Å². The molecule has 0 radical (unpaired) electrons. The average Bonchev–Trinajstić information content (AvgIpc) is 3.06. The molecule has 2 heterocycles. The first-order valence-corrected chi connectivity index (χ1v) is 8.77. The Bertz CT molecular complexity index is 820. The van der Waals surface area contributed by atoms with Gasteiger partial charge in [0.15, 0.2) is 0 Å². The van der Waals surface area contributed by atoms with E-state index < -0.39 is 6.10 Å². The van der Waals surface area contributed by atoms with Gasteiger partial charge in [-0.1, -0.05) is 30.3 Å². The molecule has 1 atom stereocenters. The molecule has 0 aliphatic carbocycles. The number of hydrogen-bond donors (Lipinski definition) is 2. The molecule has 5 nitrogen and oxygen atoms in total. The minimum absolute atomic E-state index is 0.161. The fourth-order valence-electron chi connectivity index (χ4n) is 3.40. The Hall–Kier alpha value is -2.37. The number of benzene rings is 2. The number of fused-ring (bicyclic) bond motifs is 1. The van der Waals surface area contributed by atoms with Crippen LogP contribution in [0.3, 0.4) is 0 Å². The Morgan fingerprint density at radius 3 is 2.60 bits per heavy atom. The number of H-pyrrole nitrogens is 1. The summed E-state index contributed by atoms with van der Waals surface area (Å²) in [4.78, 5) is 10.4. The summed E-state index contributed by atoms with van der Waals surface area (Å²) >= 11 is 0. The molecule has 25 heavy (non-hydrogen) atoms. The van der Waals surface area contributed by atoms with Crippen molar-refractivity contribution in [3.8, 4) is 5.75 Å². The van der Waals surface area contributed by atoms with Gasteiger partial charge in [-0.25, -0.2) is 4.98 Å². The molecule has 5 heteroatoms. The van der Waals surface area contributed by atoms with E-state index >= 15 is 0 Å². The van der Waals surface area contributed by atoms with Gasteiger partial charge in [0.05, 0.1) is 17.1 Å². The highest BCUT2D eigenvalue weighted by Crippen LogP contribution is 2.34. The van der Waals surface area contributed by atoms with Gasteiger partial charge in [0.1, 0.15) is 17.7 Å². The zero-order chi connectivity index (χ0) is 17.2. The summed E-state index contributed by atoms with van der Waals surface area (Å²) in [7, 11) is 2.13. The maximum absolute atomic E-state index is 10.4. The van der Waals surface area contributed by atoms with Gasteiger partial charge in [-0.15, -0.1) is 0 Å². The lowest BCUT2D eigenvalue weighted by molar-refractivity contribution is -0.0271. The van der Waals surface area contributed by atoms with Crippen LogP contribution in [0.25, 0.3) is 11.0 Å². The molecular formula is C20H23N3O2. The third-order valence-corrected chi connectivity index (χ3v) is 4.87. The summed E-state index contributed by atoms with van der Waals surface area (Å²) in [6.07, 6.45) is 1.73. The summed E-state index contributed by atoms with van der Waals surface area (Å²) < 4.78 is 6.44. The van der Waals surface area contributed by atoms with E-state index in [1.54, 1.807) is 6.07 Å². The predicted molar refractivity (Wildman–Crippen MR) is 97.6 cm³/mol. The lowest BCUT2D eigenvalue weighted by Gasteiger charge is -2.31. The second-order valence-corrected chi connectivity index (χ2v) is 6.72. The zero-order valence-electron chi connectivity index (χ0n) is 14.4. The molecule has 130 valence electrons. The van der Waals surface area contributed by atoms with Crippen LogP contribution >= 0.6 is 0 Å². The van der Waals surface area contributed by atoms with Crippen LogP contribution in [0.1, 0.15) is 30.3 Å². The molecule has 1 fully saturated rings. The number of nitrogens with zero attached hydrogens (tertiary/aromatic N) is 2. The fourth-order valence-corrected chi connectivity index (χ4v) is 3.40. The molecule has 3 aromatic rings. The van der Waals surface area contributed by atoms with Crippen LogP contribution in [0.4, 0.5) is 0 Å². The molecule has 0 saturated carbocycles. The molecule has 2 aromatic carbocycles. The SMILES string of the molecule is CN1CCC(OC(c2nc3ccccc3[nH]2)c2ccccc2O)CC1. The Morgan fingerprint density at radius 1 is 1.12 bits per heavy atom. The summed E-state index contributed by atoms with van der Waals surface area (Å²) in [5.74, 6) is 0.975. The third-order valence-electron chi connectivity index (χ3n) is 4.87. The standard InChI is InChI=1S/C20H23N3O2/c1-23-12-10-14(11-13-23)25-19(15-6-2-5-9-18(15)24)20-21-16-7-3-4-8-17(16)22-20/h2-9,14,19,24H,10-13H2,1H3,(H,21,22). The Kier molecular flexibility index (Phi) is 4.42. The van der Waals surface area contributed by atoms with Crippen LogP contribution < -0.4 is 0 Å². The van der Waals surface area contributed by atoms with Crippen molar-refractivity contribution in [3.05, 3.63) is 59.9 Å². The smallest absolute Gasteiger partial charge is 0.144 e. The molecule has 2 N–H and O–H groups in total. The number of piperidine rings is 1. The number of nitrogens with one attached hydrogen (secondary N) is 1. The number of para-hydroxylation sites is 3. The van der Waals surface area contributed by atoms with Crippen LogP contribution in [0.15, 0.2) is 48.5 Å². The second kappa shape index (κ2) is 6.86.